The fourth-order valence-corrected chi connectivity index (χ4v) is 5.34. The van der Waals surface area contributed by atoms with Gasteiger partial charge >= 0.3 is 0 Å². The van der Waals surface area contributed by atoms with Gasteiger partial charge in [0.2, 0.25) is 15.9 Å². The number of piperidine rings is 1. The highest BCUT2D eigenvalue weighted by atomic mass is 32.2. The lowest BCUT2D eigenvalue weighted by atomic mass is 9.83. The molecule has 2 heterocycles. The van der Waals surface area contributed by atoms with Crippen molar-refractivity contribution < 1.29 is 17.2 Å². The molecule has 1 saturated carbocycles. The molecule has 1 atom stereocenters. The lowest BCUT2D eigenvalue weighted by Crippen LogP contribution is -2.50. The molecular weight excluding hydrogens is 338 g/mol. The van der Waals surface area contributed by atoms with Gasteiger partial charge in [0, 0.05) is 45.1 Å². The van der Waals surface area contributed by atoms with E-state index in [-0.39, 0.29) is 24.6 Å². The first-order chi connectivity index (χ1) is 11.1. The lowest BCUT2D eigenvalue weighted by Gasteiger charge is -2.36. The van der Waals surface area contributed by atoms with Crippen LogP contribution >= 0.6 is 0 Å². The number of hydrogen-bond acceptors (Lipinski definition) is 4. The maximum Gasteiger partial charge on any atom is 0.248 e. The number of halogens is 2. The molecule has 0 spiro atoms. The van der Waals surface area contributed by atoms with Crippen LogP contribution in [0.4, 0.5) is 14.6 Å². The van der Waals surface area contributed by atoms with Crippen LogP contribution in [-0.4, -0.2) is 49.0 Å². The fourth-order valence-electron chi connectivity index (χ4n) is 3.69. The maximum atomic E-state index is 12.9. The second-order valence-corrected chi connectivity index (χ2v) is 8.88. The Morgan fingerprint density at radius 1 is 1.42 bits per heavy atom. The first-order valence-electron chi connectivity index (χ1n) is 8.27. The van der Waals surface area contributed by atoms with Gasteiger partial charge in [-0.2, -0.15) is 5.10 Å². The number of nitrogens with zero attached hydrogens (tertiary/aromatic N) is 3. The van der Waals surface area contributed by atoms with Crippen LogP contribution in [0.1, 0.15) is 31.4 Å². The first-order valence-corrected chi connectivity index (χ1v) is 9.92. The number of rotatable bonds is 5. The second-order valence-electron chi connectivity index (χ2n) is 7.08. The number of alkyl halides is 2. The van der Waals surface area contributed by atoms with Gasteiger partial charge in [0.05, 0.1) is 11.4 Å². The third-order valence-electron chi connectivity index (χ3n) is 4.70. The van der Waals surface area contributed by atoms with Crippen molar-refractivity contribution in [3.05, 3.63) is 11.8 Å². The van der Waals surface area contributed by atoms with Crippen LogP contribution in [-0.2, 0) is 17.1 Å². The summed E-state index contributed by atoms with van der Waals surface area (Å²) in [7, 11) is -1.67. The molecule has 0 radical (unpaired) electrons. The van der Waals surface area contributed by atoms with Gasteiger partial charge in [-0.05, 0) is 25.7 Å². The molecule has 0 aromatic carbocycles. The second kappa shape index (κ2) is 6.25. The summed E-state index contributed by atoms with van der Waals surface area (Å²) in [4.78, 5) is 2.12. The van der Waals surface area contributed by atoms with Crippen molar-refractivity contribution in [3.63, 3.8) is 0 Å². The summed E-state index contributed by atoms with van der Waals surface area (Å²) in [6.07, 6.45) is 0.990. The fraction of sp³-hybridized carbons (Fsp3) is 0.800. The molecule has 0 amide bonds. The zero-order valence-electron chi connectivity index (χ0n) is 14.0. The predicted molar refractivity (Wildman–Crippen MR) is 87.8 cm³/mol. The molecule has 3 rings (SSSR count). The summed E-state index contributed by atoms with van der Waals surface area (Å²) >= 11 is 0. The molecule has 0 bridgehead atoms. The van der Waals surface area contributed by atoms with Crippen LogP contribution in [0, 0.1) is 12.8 Å². The Bertz CT molecular complexity index is 696. The minimum absolute atomic E-state index is 0.195. The quantitative estimate of drug-likeness (QED) is 0.865. The molecule has 24 heavy (non-hydrogen) atoms. The average molecular weight is 362 g/mol. The molecule has 2 aliphatic rings. The minimum Gasteiger partial charge on any atom is -0.355 e. The molecule has 1 saturated heterocycles. The molecule has 9 heteroatoms. The molecular formula is C15H24F2N4O2S. The van der Waals surface area contributed by atoms with Crippen LogP contribution in [0.5, 0.6) is 0 Å². The van der Waals surface area contributed by atoms with E-state index in [1.165, 1.54) is 0 Å². The van der Waals surface area contributed by atoms with E-state index >= 15 is 0 Å². The molecule has 136 valence electrons. The van der Waals surface area contributed by atoms with Gasteiger partial charge in [0.25, 0.3) is 0 Å². The maximum absolute atomic E-state index is 12.9. The van der Waals surface area contributed by atoms with E-state index in [1.54, 1.807) is 4.68 Å². The molecule has 2 fully saturated rings. The summed E-state index contributed by atoms with van der Waals surface area (Å²) in [6, 6.07) is 1.78. The van der Waals surface area contributed by atoms with Crippen molar-refractivity contribution in [2.24, 2.45) is 13.0 Å². The third-order valence-corrected chi connectivity index (χ3v) is 6.30. The van der Waals surface area contributed by atoms with E-state index in [2.05, 4.69) is 14.7 Å². The summed E-state index contributed by atoms with van der Waals surface area (Å²) < 4.78 is 54.7. The topological polar surface area (TPSA) is 67.2 Å². The van der Waals surface area contributed by atoms with E-state index in [0.717, 1.165) is 30.9 Å². The Hall–Kier alpha value is -1.22. The molecule has 6 nitrogen and oxygen atoms in total. The van der Waals surface area contributed by atoms with Gasteiger partial charge in [-0.15, -0.1) is 0 Å². The minimum atomic E-state index is -3.53. The zero-order valence-corrected chi connectivity index (χ0v) is 14.8. The molecule has 1 aromatic rings. The van der Waals surface area contributed by atoms with Gasteiger partial charge in [0.1, 0.15) is 5.82 Å². The molecule has 0 unspecified atom stereocenters. The van der Waals surface area contributed by atoms with E-state index in [0.29, 0.717) is 6.54 Å². The molecule has 1 N–H and O–H groups in total. The SMILES string of the molecule is Cc1cc(N2CCC[C@@H](NS(=O)(=O)CC3CC(F)(F)C3)C2)n(C)n1. The smallest absolute Gasteiger partial charge is 0.248 e. The van der Waals surface area contributed by atoms with E-state index in [4.69, 9.17) is 0 Å². The van der Waals surface area contributed by atoms with Gasteiger partial charge in [0.15, 0.2) is 0 Å². The lowest BCUT2D eigenvalue weighted by molar-refractivity contribution is -0.103. The first kappa shape index (κ1) is 17.6. The highest BCUT2D eigenvalue weighted by molar-refractivity contribution is 7.89. The summed E-state index contributed by atoms with van der Waals surface area (Å²) in [6.45, 7) is 3.34. The van der Waals surface area contributed by atoms with Crippen molar-refractivity contribution in [2.75, 3.05) is 23.7 Å². The van der Waals surface area contributed by atoms with Gasteiger partial charge in [-0.3, -0.25) is 4.68 Å². The molecule has 1 aromatic heterocycles. The summed E-state index contributed by atoms with van der Waals surface area (Å²) in [5.41, 5.74) is 0.918. The number of anilines is 1. The van der Waals surface area contributed by atoms with Crippen LogP contribution in [0.15, 0.2) is 6.07 Å². The zero-order chi connectivity index (χ0) is 17.5. The summed E-state index contributed by atoms with van der Waals surface area (Å²) in [5, 5.41) is 4.32. The Balaban J connectivity index is 1.58. The van der Waals surface area contributed by atoms with Crippen LogP contribution in [0.3, 0.4) is 0 Å². The van der Waals surface area contributed by atoms with Crippen molar-refractivity contribution >= 4 is 15.8 Å². The number of aromatic nitrogens is 2. The largest absolute Gasteiger partial charge is 0.355 e. The van der Waals surface area contributed by atoms with E-state index < -0.39 is 21.9 Å². The average Bonchev–Trinajstić information content (AvgIpc) is 2.75. The Labute approximate surface area is 141 Å². The number of nitrogens with one attached hydrogen (secondary N) is 1. The highest BCUT2D eigenvalue weighted by Gasteiger charge is 2.46. The Kier molecular flexibility index (Phi) is 4.59. The summed E-state index contributed by atoms with van der Waals surface area (Å²) in [5.74, 6) is -2.35. The van der Waals surface area contributed by atoms with Gasteiger partial charge in [-0.25, -0.2) is 21.9 Å². The number of aryl methyl sites for hydroxylation is 2. The third kappa shape index (κ3) is 4.05. The molecule has 1 aliphatic heterocycles. The van der Waals surface area contributed by atoms with E-state index in [9.17, 15) is 17.2 Å². The van der Waals surface area contributed by atoms with Crippen molar-refractivity contribution in [1.29, 1.82) is 0 Å². The normalized spacial score (nSPS) is 24.8. The van der Waals surface area contributed by atoms with Crippen molar-refractivity contribution in [1.82, 2.24) is 14.5 Å². The Morgan fingerprint density at radius 3 is 2.71 bits per heavy atom. The number of sulfonamides is 1. The van der Waals surface area contributed by atoms with Gasteiger partial charge in [-0.1, -0.05) is 0 Å². The standard InChI is InChI=1S/C15H24F2N4O2S/c1-11-6-14(20(2)18-11)21-5-3-4-13(9-21)19-24(22,23)10-12-7-15(16,17)8-12/h6,12-13,19H,3-5,7-10H2,1-2H3/t13-/m1/s1. The van der Waals surface area contributed by atoms with Crippen LogP contribution in [0.2, 0.25) is 0 Å². The van der Waals surface area contributed by atoms with Crippen molar-refractivity contribution in [2.45, 2.75) is 44.6 Å². The highest BCUT2D eigenvalue weighted by Crippen LogP contribution is 2.42. The van der Waals surface area contributed by atoms with Crippen molar-refractivity contribution in [3.8, 4) is 0 Å². The Morgan fingerprint density at radius 2 is 2.12 bits per heavy atom. The number of hydrogen-bond donors (Lipinski definition) is 1. The van der Waals surface area contributed by atoms with Crippen LogP contribution < -0.4 is 9.62 Å². The van der Waals surface area contributed by atoms with Gasteiger partial charge < -0.3 is 4.90 Å². The monoisotopic (exact) mass is 362 g/mol. The predicted octanol–water partition coefficient (Wildman–Crippen LogP) is 1.66. The van der Waals surface area contributed by atoms with E-state index in [1.807, 2.05) is 20.0 Å². The molecule has 1 aliphatic carbocycles. The van der Waals surface area contributed by atoms with Crippen LogP contribution in [0.25, 0.3) is 0 Å².